The van der Waals surface area contributed by atoms with E-state index in [1.807, 2.05) is 31.2 Å². The molecule has 0 aromatic heterocycles. The first-order valence-corrected chi connectivity index (χ1v) is 5.20. The van der Waals surface area contributed by atoms with Crippen molar-refractivity contribution in [2.45, 2.75) is 20.3 Å². The molecule has 1 heteroatoms. The summed E-state index contributed by atoms with van der Waals surface area (Å²) in [5.41, 5.74) is 4.73. The highest BCUT2D eigenvalue weighted by molar-refractivity contribution is 6.16. The molecule has 0 fully saturated rings. The fourth-order valence-corrected chi connectivity index (χ4v) is 2.15. The van der Waals surface area contributed by atoms with Crippen molar-refractivity contribution < 1.29 is 4.79 Å². The minimum atomic E-state index is 0.148. The van der Waals surface area contributed by atoms with Crippen molar-refractivity contribution in [2.24, 2.45) is 0 Å². The van der Waals surface area contributed by atoms with E-state index >= 15 is 0 Å². The summed E-state index contributed by atoms with van der Waals surface area (Å²) in [6.07, 6.45) is 0.866. The van der Waals surface area contributed by atoms with Gasteiger partial charge in [-0.2, -0.15) is 0 Å². The second-order valence-electron chi connectivity index (χ2n) is 3.81. The van der Waals surface area contributed by atoms with Gasteiger partial charge in [0.15, 0.2) is 5.78 Å². The van der Waals surface area contributed by atoms with Crippen molar-refractivity contribution in [3.63, 3.8) is 0 Å². The van der Waals surface area contributed by atoms with E-state index in [0.29, 0.717) is 0 Å². The van der Waals surface area contributed by atoms with Crippen LogP contribution in [0.15, 0.2) is 42.0 Å². The topological polar surface area (TPSA) is 17.1 Å². The lowest BCUT2D eigenvalue weighted by atomic mass is 9.82. The summed E-state index contributed by atoms with van der Waals surface area (Å²) < 4.78 is 0. The summed E-state index contributed by atoms with van der Waals surface area (Å²) in [5, 5.41) is 0. The largest absolute Gasteiger partial charge is 0.289 e. The third-order valence-electron chi connectivity index (χ3n) is 3.01. The van der Waals surface area contributed by atoms with Crippen LogP contribution in [0.1, 0.15) is 36.2 Å². The summed E-state index contributed by atoms with van der Waals surface area (Å²) >= 11 is 0. The number of Topliss-reactive ketones (excluding diaryl/α,β-unsaturated/α-hetero) is 1. The summed E-state index contributed by atoms with van der Waals surface area (Å²) in [7, 11) is 0. The van der Waals surface area contributed by atoms with E-state index in [1.54, 1.807) is 0 Å². The molecule has 0 N–H and O–H groups in total. The minimum Gasteiger partial charge on any atom is -0.289 e. The van der Waals surface area contributed by atoms with Gasteiger partial charge in [0.05, 0.1) is 0 Å². The highest BCUT2D eigenvalue weighted by atomic mass is 16.1. The molecule has 0 unspecified atom stereocenters. The van der Waals surface area contributed by atoms with E-state index in [4.69, 9.17) is 0 Å². The standard InChI is InChI=1S/C14H14O/c1-4-11-9(2)12-7-5-6-8-13(12)14(15)10(11)3/h5-8H,2,4H2,1,3H3. The van der Waals surface area contributed by atoms with Crippen molar-refractivity contribution in [1.29, 1.82) is 0 Å². The second kappa shape index (κ2) is 3.50. The molecule has 1 aliphatic carbocycles. The molecule has 0 amide bonds. The van der Waals surface area contributed by atoms with Crippen LogP contribution >= 0.6 is 0 Å². The molecule has 76 valence electrons. The number of hydrogen-bond acceptors (Lipinski definition) is 1. The van der Waals surface area contributed by atoms with Gasteiger partial charge in [-0.05, 0) is 30.1 Å². The second-order valence-corrected chi connectivity index (χ2v) is 3.81. The van der Waals surface area contributed by atoms with Crippen molar-refractivity contribution >= 4 is 11.4 Å². The number of ketones is 1. The first-order valence-electron chi connectivity index (χ1n) is 5.20. The van der Waals surface area contributed by atoms with E-state index < -0.39 is 0 Å². The molecule has 1 nitrogen and oxygen atoms in total. The Kier molecular flexibility index (Phi) is 2.31. The van der Waals surface area contributed by atoms with Crippen LogP contribution in [0.3, 0.4) is 0 Å². The smallest absolute Gasteiger partial charge is 0.189 e. The molecular weight excluding hydrogens is 184 g/mol. The van der Waals surface area contributed by atoms with Crippen LogP contribution in [-0.4, -0.2) is 5.78 Å². The van der Waals surface area contributed by atoms with Crippen molar-refractivity contribution in [3.05, 3.63) is 53.1 Å². The number of carbonyl (C=O) groups is 1. The number of allylic oxidation sites excluding steroid dienone is 3. The molecule has 0 heterocycles. The first-order chi connectivity index (χ1) is 7.16. The van der Waals surface area contributed by atoms with Crippen molar-refractivity contribution in [1.82, 2.24) is 0 Å². The number of hydrogen-bond donors (Lipinski definition) is 0. The summed E-state index contributed by atoms with van der Waals surface area (Å²) in [5.74, 6) is 0.148. The normalized spacial score (nSPS) is 15.6. The molecule has 0 saturated heterocycles. The lowest BCUT2D eigenvalue weighted by Crippen LogP contribution is -2.13. The Balaban J connectivity index is 2.68. The summed E-state index contributed by atoms with van der Waals surface area (Å²) in [6.45, 7) is 8.03. The van der Waals surface area contributed by atoms with Gasteiger partial charge in [-0.15, -0.1) is 0 Å². The minimum absolute atomic E-state index is 0.148. The van der Waals surface area contributed by atoms with Crippen LogP contribution < -0.4 is 0 Å². The zero-order chi connectivity index (χ0) is 11.0. The predicted molar refractivity (Wildman–Crippen MR) is 62.8 cm³/mol. The maximum Gasteiger partial charge on any atom is 0.189 e. The van der Waals surface area contributed by atoms with Gasteiger partial charge in [0.25, 0.3) is 0 Å². The van der Waals surface area contributed by atoms with Crippen LogP contribution in [0, 0.1) is 0 Å². The van der Waals surface area contributed by atoms with Gasteiger partial charge in [-0.25, -0.2) is 0 Å². The molecule has 0 bridgehead atoms. The Bertz CT molecular complexity index is 478. The quantitative estimate of drug-likeness (QED) is 0.673. The molecular formula is C14H14O. The predicted octanol–water partition coefficient (Wildman–Crippen LogP) is 3.62. The van der Waals surface area contributed by atoms with E-state index in [9.17, 15) is 4.79 Å². The number of fused-ring (bicyclic) bond motifs is 1. The molecule has 0 aliphatic heterocycles. The Labute approximate surface area is 90.1 Å². The number of carbonyl (C=O) groups excluding carboxylic acids is 1. The molecule has 1 aromatic carbocycles. The van der Waals surface area contributed by atoms with Crippen LogP contribution in [0.2, 0.25) is 0 Å². The Morgan fingerprint density at radius 3 is 2.40 bits per heavy atom. The van der Waals surface area contributed by atoms with E-state index in [-0.39, 0.29) is 5.78 Å². The van der Waals surface area contributed by atoms with Crippen LogP contribution in [0.5, 0.6) is 0 Å². The van der Waals surface area contributed by atoms with E-state index in [1.165, 1.54) is 0 Å². The maximum absolute atomic E-state index is 12.0. The zero-order valence-electron chi connectivity index (χ0n) is 9.13. The Morgan fingerprint density at radius 2 is 1.80 bits per heavy atom. The van der Waals surface area contributed by atoms with Gasteiger partial charge in [0.2, 0.25) is 0 Å². The third-order valence-corrected chi connectivity index (χ3v) is 3.01. The van der Waals surface area contributed by atoms with Gasteiger partial charge in [0.1, 0.15) is 0 Å². The van der Waals surface area contributed by atoms with E-state index in [2.05, 4.69) is 13.5 Å². The molecule has 2 rings (SSSR count). The average molecular weight is 198 g/mol. The number of benzene rings is 1. The molecule has 1 aromatic rings. The maximum atomic E-state index is 12.0. The van der Waals surface area contributed by atoms with Gasteiger partial charge in [-0.3, -0.25) is 4.79 Å². The first kappa shape index (κ1) is 9.91. The molecule has 1 aliphatic rings. The summed E-state index contributed by atoms with van der Waals surface area (Å²) in [6, 6.07) is 7.69. The lowest BCUT2D eigenvalue weighted by molar-refractivity contribution is 0.103. The summed E-state index contributed by atoms with van der Waals surface area (Å²) in [4.78, 5) is 12.0. The van der Waals surface area contributed by atoms with Gasteiger partial charge in [-0.1, -0.05) is 37.8 Å². The lowest BCUT2D eigenvalue weighted by Gasteiger charge is -2.21. The Morgan fingerprint density at radius 1 is 1.20 bits per heavy atom. The molecule has 0 saturated carbocycles. The highest BCUT2D eigenvalue weighted by Crippen LogP contribution is 2.35. The van der Waals surface area contributed by atoms with Crippen LogP contribution in [0.25, 0.3) is 5.57 Å². The fraction of sp³-hybridized carbons (Fsp3) is 0.214. The van der Waals surface area contributed by atoms with Gasteiger partial charge >= 0.3 is 0 Å². The van der Waals surface area contributed by atoms with Gasteiger partial charge < -0.3 is 0 Å². The SMILES string of the molecule is C=C1C(CC)=C(C)C(=O)c2ccccc21. The van der Waals surface area contributed by atoms with Gasteiger partial charge in [0, 0.05) is 11.1 Å². The molecule has 0 radical (unpaired) electrons. The molecule has 0 atom stereocenters. The zero-order valence-corrected chi connectivity index (χ0v) is 9.13. The van der Waals surface area contributed by atoms with E-state index in [0.717, 1.165) is 34.3 Å². The average Bonchev–Trinajstić information content (AvgIpc) is 2.27. The van der Waals surface area contributed by atoms with Crippen molar-refractivity contribution in [3.8, 4) is 0 Å². The monoisotopic (exact) mass is 198 g/mol. The fourth-order valence-electron chi connectivity index (χ4n) is 2.15. The molecule has 15 heavy (non-hydrogen) atoms. The van der Waals surface area contributed by atoms with Crippen LogP contribution in [-0.2, 0) is 0 Å². The molecule has 0 spiro atoms. The number of rotatable bonds is 1. The van der Waals surface area contributed by atoms with Crippen LogP contribution in [0.4, 0.5) is 0 Å². The van der Waals surface area contributed by atoms with Crippen molar-refractivity contribution in [2.75, 3.05) is 0 Å². The highest BCUT2D eigenvalue weighted by Gasteiger charge is 2.24. The Hall–Kier alpha value is -1.63. The third kappa shape index (κ3) is 1.35.